The molecule has 0 saturated carbocycles. The zero-order valence-electron chi connectivity index (χ0n) is 10.2. The number of halogens is 2. The van der Waals surface area contributed by atoms with E-state index >= 15 is 0 Å². The maximum absolute atomic E-state index is 6.00. The molecule has 94 valence electrons. The molecule has 0 aliphatic carbocycles. The Balaban J connectivity index is 2.61. The van der Waals surface area contributed by atoms with Gasteiger partial charge in [0.25, 0.3) is 0 Å². The van der Waals surface area contributed by atoms with Crippen molar-refractivity contribution in [2.45, 2.75) is 20.3 Å². The van der Waals surface area contributed by atoms with Crippen LogP contribution in [0.15, 0.2) is 22.7 Å². The Bertz CT molecular complexity index is 576. The summed E-state index contributed by atoms with van der Waals surface area (Å²) in [6, 6.07) is 5.51. The lowest BCUT2D eigenvalue weighted by molar-refractivity contribution is 1.01. The summed E-state index contributed by atoms with van der Waals surface area (Å²) in [5.74, 6) is 1.13. The number of aryl methyl sites for hydroxylation is 1. The predicted molar refractivity (Wildman–Crippen MR) is 78.7 cm³/mol. The van der Waals surface area contributed by atoms with Crippen molar-refractivity contribution in [1.82, 2.24) is 9.97 Å². The quantitative estimate of drug-likeness (QED) is 0.907. The normalized spacial score (nSPS) is 10.7. The van der Waals surface area contributed by atoms with Gasteiger partial charge in [-0.05, 0) is 31.5 Å². The van der Waals surface area contributed by atoms with Crippen molar-refractivity contribution >= 4 is 33.3 Å². The summed E-state index contributed by atoms with van der Waals surface area (Å²) in [5, 5.41) is 0.646. The molecule has 0 fully saturated rings. The molecule has 0 atom stereocenters. The fourth-order valence-electron chi connectivity index (χ4n) is 1.84. The van der Waals surface area contributed by atoms with E-state index in [0.29, 0.717) is 16.7 Å². The number of nitrogens with two attached hydrogens (primary N) is 1. The van der Waals surface area contributed by atoms with E-state index in [1.54, 1.807) is 0 Å². The molecule has 18 heavy (non-hydrogen) atoms. The van der Waals surface area contributed by atoms with E-state index in [4.69, 9.17) is 17.3 Å². The second kappa shape index (κ2) is 5.24. The largest absolute Gasteiger partial charge is 0.383 e. The highest BCUT2D eigenvalue weighted by Crippen LogP contribution is 2.30. The molecular formula is C13H13BrClN3. The maximum atomic E-state index is 6.00. The fourth-order valence-corrected chi connectivity index (χ4v) is 2.44. The molecule has 0 spiro atoms. The first-order valence-corrected chi connectivity index (χ1v) is 6.78. The van der Waals surface area contributed by atoms with Crippen LogP contribution in [0.4, 0.5) is 5.82 Å². The van der Waals surface area contributed by atoms with E-state index in [-0.39, 0.29) is 0 Å². The van der Waals surface area contributed by atoms with Gasteiger partial charge >= 0.3 is 0 Å². The first-order chi connectivity index (χ1) is 8.52. The summed E-state index contributed by atoms with van der Waals surface area (Å²) in [4.78, 5) is 8.85. The Hall–Kier alpha value is -1.13. The molecule has 0 radical (unpaired) electrons. The van der Waals surface area contributed by atoms with Gasteiger partial charge in [-0.25, -0.2) is 9.97 Å². The molecule has 1 heterocycles. The molecule has 0 aliphatic rings. The Kier molecular flexibility index (Phi) is 3.88. The molecule has 0 bridgehead atoms. The minimum absolute atomic E-state index is 0.534. The zero-order valence-corrected chi connectivity index (χ0v) is 12.5. The molecule has 0 saturated heterocycles. The average Bonchev–Trinajstić information content (AvgIpc) is 2.32. The summed E-state index contributed by atoms with van der Waals surface area (Å²) in [5.41, 5.74) is 8.71. The van der Waals surface area contributed by atoms with Crippen LogP contribution in [0.3, 0.4) is 0 Å². The van der Waals surface area contributed by atoms with E-state index in [0.717, 1.165) is 27.7 Å². The number of aromatic nitrogens is 2. The van der Waals surface area contributed by atoms with Gasteiger partial charge in [-0.2, -0.15) is 0 Å². The highest BCUT2D eigenvalue weighted by atomic mass is 79.9. The second-order valence-corrected chi connectivity index (χ2v) is 5.26. The van der Waals surface area contributed by atoms with E-state index < -0.39 is 0 Å². The molecule has 2 aromatic rings. The summed E-state index contributed by atoms with van der Waals surface area (Å²) in [6.45, 7) is 3.98. The Morgan fingerprint density at radius 3 is 2.67 bits per heavy atom. The number of nitrogen functional groups attached to an aromatic ring is 1. The topological polar surface area (TPSA) is 51.8 Å². The smallest absolute Gasteiger partial charge is 0.162 e. The van der Waals surface area contributed by atoms with E-state index in [2.05, 4.69) is 25.9 Å². The number of anilines is 1. The third kappa shape index (κ3) is 2.49. The van der Waals surface area contributed by atoms with Gasteiger partial charge in [0, 0.05) is 26.3 Å². The number of nitrogens with zero attached hydrogens (tertiary/aromatic N) is 2. The van der Waals surface area contributed by atoms with Crippen LogP contribution in [0.25, 0.3) is 11.4 Å². The van der Waals surface area contributed by atoms with Crippen molar-refractivity contribution in [3.63, 3.8) is 0 Å². The van der Waals surface area contributed by atoms with Crippen LogP contribution in [0.2, 0.25) is 5.02 Å². The number of hydrogen-bond acceptors (Lipinski definition) is 3. The third-order valence-electron chi connectivity index (χ3n) is 2.77. The first kappa shape index (κ1) is 13.3. The molecule has 2 N–H and O–H groups in total. The van der Waals surface area contributed by atoms with Crippen molar-refractivity contribution in [1.29, 1.82) is 0 Å². The molecule has 1 aromatic carbocycles. The van der Waals surface area contributed by atoms with Crippen LogP contribution < -0.4 is 5.73 Å². The molecule has 5 heteroatoms. The number of hydrogen-bond donors (Lipinski definition) is 1. The van der Waals surface area contributed by atoms with Crippen LogP contribution in [-0.4, -0.2) is 9.97 Å². The van der Waals surface area contributed by atoms with Gasteiger partial charge < -0.3 is 5.73 Å². The Morgan fingerprint density at radius 2 is 2.06 bits per heavy atom. The summed E-state index contributed by atoms with van der Waals surface area (Å²) in [7, 11) is 0. The van der Waals surface area contributed by atoms with Crippen molar-refractivity contribution in [2.75, 3.05) is 5.73 Å². The second-order valence-electron chi connectivity index (χ2n) is 3.97. The van der Waals surface area contributed by atoms with Gasteiger partial charge in [0.1, 0.15) is 5.82 Å². The zero-order chi connectivity index (χ0) is 13.3. The van der Waals surface area contributed by atoms with Gasteiger partial charge in [0.15, 0.2) is 5.82 Å². The van der Waals surface area contributed by atoms with Crippen molar-refractivity contribution in [3.05, 3.63) is 39.0 Å². The third-order valence-corrected chi connectivity index (χ3v) is 3.70. The van der Waals surface area contributed by atoms with E-state index in [1.807, 2.05) is 32.0 Å². The van der Waals surface area contributed by atoms with Crippen molar-refractivity contribution in [3.8, 4) is 11.4 Å². The minimum Gasteiger partial charge on any atom is -0.383 e. The fraction of sp³-hybridized carbons (Fsp3) is 0.231. The SMILES string of the molecule is CCc1c(C)nc(-c2cc(Cl)ccc2Br)nc1N. The predicted octanol–water partition coefficient (Wildman–Crippen LogP) is 4.01. The highest BCUT2D eigenvalue weighted by molar-refractivity contribution is 9.10. The molecule has 2 rings (SSSR count). The standard InChI is InChI=1S/C13H13BrClN3/c1-3-9-7(2)17-13(18-12(9)16)10-6-8(15)4-5-11(10)14/h4-6H,3H2,1-2H3,(H2,16,17,18). The van der Waals surface area contributed by atoms with E-state index in [9.17, 15) is 0 Å². The summed E-state index contributed by atoms with van der Waals surface area (Å²) < 4.78 is 0.898. The maximum Gasteiger partial charge on any atom is 0.162 e. The van der Waals surface area contributed by atoms with E-state index in [1.165, 1.54) is 0 Å². The molecule has 3 nitrogen and oxygen atoms in total. The van der Waals surface area contributed by atoms with Crippen LogP contribution >= 0.6 is 27.5 Å². The van der Waals surface area contributed by atoms with Gasteiger partial charge in [-0.1, -0.05) is 34.5 Å². The molecule has 1 aromatic heterocycles. The molecule has 0 unspecified atom stereocenters. The van der Waals surface area contributed by atoms with Gasteiger partial charge in [-0.3, -0.25) is 0 Å². The van der Waals surface area contributed by atoms with Gasteiger partial charge in [-0.15, -0.1) is 0 Å². The summed E-state index contributed by atoms with van der Waals surface area (Å²) >= 11 is 9.47. The van der Waals surface area contributed by atoms with Crippen molar-refractivity contribution in [2.24, 2.45) is 0 Å². The minimum atomic E-state index is 0.534. The Labute approximate surface area is 120 Å². The number of benzene rings is 1. The molecular weight excluding hydrogens is 314 g/mol. The summed E-state index contributed by atoms with van der Waals surface area (Å²) in [6.07, 6.45) is 0.828. The lowest BCUT2D eigenvalue weighted by atomic mass is 10.1. The van der Waals surface area contributed by atoms with Gasteiger partial charge in [0.2, 0.25) is 0 Å². The van der Waals surface area contributed by atoms with Crippen LogP contribution in [0.1, 0.15) is 18.2 Å². The molecule has 0 aliphatic heterocycles. The lowest BCUT2D eigenvalue weighted by Crippen LogP contribution is -2.04. The average molecular weight is 327 g/mol. The van der Waals surface area contributed by atoms with Crippen molar-refractivity contribution < 1.29 is 0 Å². The van der Waals surface area contributed by atoms with Crippen LogP contribution in [0, 0.1) is 6.92 Å². The lowest BCUT2D eigenvalue weighted by Gasteiger charge is -2.10. The molecule has 0 amide bonds. The highest BCUT2D eigenvalue weighted by Gasteiger charge is 2.12. The van der Waals surface area contributed by atoms with Crippen LogP contribution in [-0.2, 0) is 6.42 Å². The monoisotopic (exact) mass is 325 g/mol. The number of rotatable bonds is 2. The van der Waals surface area contributed by atoms with Crippen LogP contribution in [0.5, 0.6) is 0 Å². The Morgan fingerprint density at radius 1 is 1.33 bits per heavy atom. The first-order valence-electron chi connectivity index (χ1n) is 5.61. The van der Waals surface area contributed by atoms with Gasteiger partial charge in [0.05, 0.1) is 0 Å².